The standard InChI is InChI=1S/C25H27ClFN3O3/c1-17-4-6-18(7-5-17)23(31)30-10-2-3-19(16-30)24(32)28-11-13-29(14-12-28)25(33)21-15-20(26)8-9-22(21)27/h4-9,15,19H,2-3,10-14,16H2,1H3. The Kier molecular flexibility index (Phi) is 6.98. The average molecular weight is 472 g/mol. The lowest BCUT2D eigenvalue weighted by molar-refractivity contribution is -0.138. The van der Waals surface area contributed by atoms with Crippen molar-refractivity contribution in [1.82, 2.24) is 14.7 Å². The molecule has 4 rings (SSSR count). The Labute approximate surface area is 197 Å². The van der Waals surface area contributed by atoms with Crippen LogP contribution in [-0.2, 0) is 4.79 Å². The van der Waals surface area contributed by atoms with Crippen LogP contribution >= 0.6 is 11.6 Å². The van der Waals surface area contributed by atoms with Crippen LogP contribution in [0.3, 0.4) is 0 Å². The number of hydrogen-bond acceptors (Lipinski definition) is 3. The summed E-state index contributed by atoms with van der Waals surface area (Å²) in [6, 6.07) is 11.4. The van der Waals surface area contributed by atoms with Gasteiger partial charge in [0, 0.05) is 49.9 Å². The van der Waals surface area contributed by atoms with E-state index in [9.17, 15) is 18.8 Å². The molecule has 174 valence electrons. The van der Waals surface area contributed by atoms with Gasteiger partial charge >= 0.3 is 0 Å². The summed E-state index contributed by atoms with van der Waals surface area (Å²) in [4.78, 5) is 43.8. The molecule has 2 heterocycles. The number of nitrogens with zero attached hydrogens (tertiary/aromatic N) is 3. The summed E-state index contributed by atoms with van der Waals surface area (Å²) in [6.45, 7) is 4.44. The molecule has 2 aromatic rings. The summed E-state index contributed by atoms with van der Waals surface area (Å²) in [7, 11) is 0. The quantitative estimate of drug-likeness (QED) is 0.687. The lowest BCUT2D eigenvalue weighted by Gasteiger charge is -2.39. The number of aryl methyl sites for hydroxylation is 1. The maximum absolute atomic E-state index is 14.1. The molecule has 0 aliphatic carbocycles. The van der Waals surface area contributed by atoms with Gasteiger partial charge in [0.05, 0.1) is 11.5 Å². The minimum Gasteiger partial charge on any atom is -0.339 e. The van der Waals surface area contributed by atoms with E-state index in [1.807, 2.05) is 31.2 Å². The van der Waals surface area contributed by atoms with Gasteiger partial charge in [0.2, 0.25) is 5.91 Å². The van der Waals surface area contributed by atoms with Crippen molar-refractivity contribution in [2.24, 2.45) is 5.92 Å². The first kappa shape index (κ1) is 23.2. The smallest absolute Gasteiger partial charge is 0.257 e. The normalized spacial score (nSPS) is 18.9. The zero-order chi connectivity index (χ0) is 23.5. The number of rotatable bonds is 3. The second-order valence-electron chi connectivity index (χ2n) is 8.70. The number of piperidine rings is 1. The van der Waals surface area contributed by atoms with Gasteiger partial charge in [-0.05, 0) is 50.1 Å². The van der Waals surface area contributed by atoms with Crippen molar-refractivity contribution in [2.45, 2.75) is 19.8 Å². The van der Waals surface area contributed by atoms with Gasteiger partial charge in [-0.25, -0.2) is 4.39 Å². The van der Waals surface area contributed by atoms with Gasteiger partial charge in [-0.2, -0.15) is 0 Å². The zero-order valence-corrected chi connectivity index (χ0v) is 19.4. The number of hydrogen-bond donors (Lipinski definition) is 0. The van der Waals surface area contributed by atoms with Crippen molar-refractivity contribution >= 4 is 29.3 Å². The molecule has 8 heteroatoms. The summed E-state index contributed by atoms with van der Waals surface area (Å²) in [5.41, 5.74) is 1.67. The number of carbonyl (C=O) groups is 3. The lowest BCUT2D eigenvalue weighted by Crippen LogP contribution is -2.54. The van der Waals surface area contributed by atoms with Crippen LogP contribution in [0.25, 0.3) is 0 Å². The van der Waals surface area contributed by atoms with Crippen LogP contribution in [0.1, 0.15) is 39.1 Å². The fourth-order valence-corrected chi connectivity index (χ4v) is 4.63. The third kappa shape index (κ3) is 5.19. The first-order valence-electron chi connectivity index (χ1n) is 11.2. The summed E-state index contributed by atoms with van der Waals surface area (Å²) in [5.74, 6) is -1.32. The van der Waals surface area contributed by atoms with Crippen LogP contribution in [0.15, 0.2) is 42.5 Å². The molecular weight excluding hydrogens is 445 g/mol. The van der Waals surface area contributed by atoms with Crippen LogP contribution in [0.5, 0.6) is 0 Å². The van der Waals surface area contributed by atoms with Gasteiger partial charge in [0.15, 0.2) is 0 Å². The predicted molar refractivity (Wildman–Crippen MR) is 124 cm³/mol. The molecule has 0 radical (unpaired) electrons. The van der Waals surface area contributed by atoms with E-state index >= 15 is 0 Å². The van der Waals surface area contributed by atoms with E-state index in [2.05, 4.69) is 0 Å². The Hall–Kier alpha value is -2.93. The van der Waals surface area contributed by atoms with Crippen LogP contribution in [0.2, 0.25) is 5.02 Å². The maximum Gasteiger partial charge on any atom is 0.257 e. The predicted octanol–water partition coefficient (Wildman–Crippen LogP) is 3.62. The van der Waals surface area contributed by atoms with Crippen LogP contribution < -0.4 is 0 Å². The number of carbonyl (C=O) groups excluding carboxylic acids is 3. The molecule has 2 aromatic carbocycles. The molecule has 2 fully saturated rings. The van der Waals surface area contributed by atoms with Crippen LogP contribution in [-0.4, -0.2) is 71.7 Å². The monoisotopic (exact) mass is 471 g/mol. The molecule has 1 unspecified atom stereocenters. The average Bonchev–Trinajstić information content (AvgIpc) is 2.85. The van der Waals surface area contributed by atoms with Gasteiger partial charge < -0.3 is 14.7 Å². The topological polar surface area (TPSA) is 60.9 Å². The van der Waals surface area contributed by atoms with Gasteiger partial charge in [0.1, 0.15) is 5.82 Å². The number of halogens is 2. The Bertz CT molecular complexity index is 1050. The summed E-state index contributed by atoms with van der Waals surface area (Å²) in [6.07, 6.45) is 1.52. The largest absolute Gasteiger partial charge is 0.339 e. The fourth-order valence-electron chi connectivity index (χ4n) is 4.46. The minimum atomic E-state index is -0.608. The van der Waals surface area contributed by atoms with Gasteiger partial charge in [-0.3, -0.25) is 14.4 Å². The molecule has 6 nitrogen and oxygen atoms in total. The van der Waals surface area contributed by atoms with Gasteiger partial charge in [0.25, 0.3) is 11.8 Å². The third-order valence-corrected chi connectivity index (χ3v) is 6.63. The van der Waals surface area contributed by atoms with Crippen LogP contribution in [0.4, 0.5) is 4.39 Å². The molecule has 0 spiro atoms. The minimum absolute atomic E-state index is 0.0115. The number of benzene rings is 2. The third-order valence-electron chi connectivity index (χ3n) is 6.39. The highest BCUT2D eigenvalue weighted by molar-refractivity contribution is 6.31. The van der Waals surface area contributed by atoms with E-state index < -0.39 is 11.7 Å². The Morgan fingerprint density at radius 2 is 1.55 bits per heavy atom. The SMILES string of the molecule is Cc1ccc(C(=O)N2CCCC(C(=O)N3CCN(C(=O)c4cc(Cl)ccc4F)CC3)C2)cc1. The van der Waals surface area contributed by atoms with Crippen molar-refractivity contribution in [2.75, 3.05) is 39.3 Å². The molecule has 1 atom stereocenters. The second kappa shape index (κ2) is 9.91. The first-order chi connectivity index (χ1) is 15.8. The highest BCUT2D eigenvalue weighted by Gasteiger charge is 2.34. The molecule has 0 bridgehead atoms. The van der Waals surface area contributed by atoms with Crippen molar-refractivity contribution in [3.8, 4) is 0 Å². The van der Waals surface area contributed by atoms with E-state index in [0.717, 1.165) is 18.4 Å². The molecule has 0 aromatic heterocycles. The summed E-state index contributed by atoms with van der Waals surface area (Å²) >= 11 is 5.91. The number of amides is 3. The van der Waals surface area contributed by atoms with Crippen molar-refractivity contribution in [3.63, 3.8) is 0 Å². The van der Waals surface area contributed by atoms with Gasteiger partial charge in [-0.15, -0.1) is 0 Å². The van der Waals surface area contributed by atoms with E-state index in [-0.39, 0.29) is 23.3 Å². The van der Waals surface area contributed by atoms with Crippen molar-refractivity contribution in [3.05, 3.63) is 70.0 Å². The summed E-state index contributed by atoms with van der Waals surface area (Å²) in [5, 5.41) is 0.301. The van der Waals surface area contributed by atoms with E-state index in [4.69, 9.17) is 11.6 Å². The number of piperazine rings is 1. The van der Waals surface area contributed by atoms with Crippen LogP contribution in [0, 0.1) is 18.7 Å². The van der Waals surface area contributed by atoms with E-state index in [1.54, 1.807) is 14.7 Å². The highest BCUT2D eigenvalue weighted by Crippen LogP contribution is 2.23. The van der Waals surface area contributed by atoms with Crippen molar-refractivity contribution in [1.29, 1.82) is 0 Å². The number of likely N-dealkylation sites (tertiary alicyclic amines) is 1. The van der Waals surface area contributed by atoms with Gasteiger partial charge in [-0.1, -0.05) is 29.3 Å². The molecule has 3 amide bonds. The fraction of sp³-hybridized carbons (Fsp3) is 0.400. The van der Waals surface area contributed by atoms with E-state index in [0.29, 0.717) is 49.9 Å². The molecule has 2 aliphatic heterocycles. The highest BCUT2D eigenvalue weighted by atomic mass is 35.5. The molecule has 33 heavy (non-hydrogen) atoms. The zero-order valence-electron chi connectivity index (χ0n) is 18.6. The molecule has 2 saturated heterocycles. The molecule has 0 saturated carbocycles. The first-order valence-corrected chi connectivity index (χ1v) is 11.6. The molecule has 0 N–H and O–H groups in total. The maximum atomic E-state index is 14.1. The Morgan fingerprint density at radius 1 is 0.879 bits per heavy atom. The summed E-state index contributed by atoms with van der Waals surface area (Å²) < 4.78 is 14.1. The van der Waals surface area contributed by atoms with E-state index in [1.165, 1.54) is 18.2 Å². The van der Waals surface area contributed by atoms with Crippen molar-refractivity contribution < 1.29 is 18.8 Å². The Morgan fingerprint density at radius 3 is 2.24 bits per heavy atom. The second-order valence-corrected chi connectivity index (χ2v) is 9.13. The Balaban J connectivity index is 1.34. The molecular formula is C25H27ClFN3O3. The molecule has 2 aliphatic rings. The lowest BCUT2D eigenvalue weighted by atomic mass is 9.95.